The van der Waals surface area contributed by atoms with Crippen molar-refractivity contribution in [1.82, 2.24) is 30.4 Å². The number of aromatic amines is 1. The Hall–Kier alpha value is -3.89. The van der Waals surface area contributed by atoms with E-state index in [1.807, 2.05) is 42.3 Å². The van der Waals surface area contributed by atoms with Crippen LogP contribution in [0.2, 0.25) is 0 Å². The molecule has 194 valence electrons. The summed E-state index contributed by atoms with van der Waals surface area (Å²) in [5.41, 5.74) is 4.66. The predicted octanol–water partition coefficient (Wildman–Crippen LogP) is 4.23. The lowest BCUT2D eigenvalue weighted by Crippen LogP contribution is -2.31. The Bertz CT molecular complexity index is 1460. The van der Waals surface area contributed by atoms with E-state index in [4.69, 9.17) is 0 Å². The molecule has 0 unspecified atom stereocenters. The fraction of sp³-hybridized carbons (Fsp3) is 0.321. The molecule has 1 fully saturated rings. The summed E-state index contributed by atoms with van der Waals surface area (Å²) in [7, 11) is 1.99. The maximum Gasteiger partial charge on any atom is 0.272 e. The van der Waals surface area contributed by atoms with Crippen LogP contribution in [0.4, 0.5) is 5.13 Å². The molecular weight excluding hydrogens is 498 g/mol. The van der Waals surface area contributed by atoms with Crippen LogP contribution >= 0.6 is 11.3 Å². The quantitative estimate of drug-likeness (QED) is 0.346. The van der Waals surface area contributed by atoms with Gasteiger partial charge in [0.2, 0.25) is 0 Å². The fourth-order valence-corrected chi connectivity index (χ4v) is 6.43. The number of likely N-dealkylation sites (N-methyl/N-ethyl adjacent to an activating group) is 1. The Morgan fingerprint density at radius 3 is 2.84 bits per heavy atom. The number of carbonyl (C=O) groups is 2. The number of nitrogens with zero attached hydrogens (tertiary/aromatic N) is 4. The molecule has 2 atom stereocenters. The maximum atomic E-state index is 13.4. The van der Waals surface area contributed by atoms with Gasteiger partial charge >= 0.3 is 0 Å². The number of hydrogen-bond acceptors (Lipinski definition) is 7. The van der Waals surface area contributed by atoms with Crippen molar-refractivity contribution in [3.05, 3.63) is 82.3 Å². The summed E-state index contributed by atoms with van der Waals surface area (Å²) in [5.74, 6) is -0.280. The topological polar surface area (TPSA) is 116 Å². The monoisotopic (exact) mass is 527 g/mol. The van der Waals surface area contributed by atoms with E-state index in [0.717, 1.165) is 48.9 Å². The molecule has 4 heterocycles. The molecule has 0 bridgehead atoms. The van der Waals surface area contributed by atoms with Crippen molar-refractivity contribution in [2.24, 2.45) is 0 Å². The van der Waals surface area contributed by atoms with Gasteiger partial charge in [-0.05, 0) is 75.0 Å². The minimum atomic E-state index is -0.186. The van der Waals surface area contributed by atoms with Crippen LogP contribution in [0.15, 0.2) is 54.9 Å². The van der Waals surface area contributed by atoms with Crippen LogP contribution in [-0.4, -0.2) is 56.5 Å². The molecule has 1 saturated heterocycles. The third-order valence-electron chi connectivity index (χ3n) is 7.40. The number of rotatable bonds is 6. The molecule has 0 saturated carbocycles. The first-order valence-electron chi connectivity index (χ1n) is 12.9. The van der Waals surface area contributed by atoms with Crippen molar-refractivity contribution in [1.29, 1.82) is 0 Å². The molecule has 38 heavy (non-hydrogen) atoms. The Labute approximate surface area is 224 Å². The first kappa shape index (κ1) is 24.4. The van der Waals surface area contributed by atoms with E-state index in [1.165, 1.54) is 4.88 Å². The number of likely N-dealkylation sites (tertiary alicyclic amines) is 1. The van der Waals surface area contributed by atoms with Gasteiger partial charge in [0.15, 0.2) is 5.13 Å². The third kappa shape index (κ3) is 4.84. The van der Waals surface area contributed by atoms with Crippen molar-refractivity contribution in [3.63, 3.8) is 0 Å². The number of carbonyl (C=O) groups excluding carboxylic acids is 2. The molecule has 1 aromatic carbocycles. The highest BCUT2D eigenvalue weighted by Gasteiger charge is 2.32. The van der Waals surface area contributed by atoms with Crippen molar-refractivity contribution in [2.45, 2.75) is 44.2 Å². The molecule has 0 radical (unpaired) electrons. The van der Waals surface area contributed by atoms with Crippen LogP contribution in [0, 0.1) is 0 Å². The van der Waals surface area contributed by atoms with E-state index in [0.29, 0.717) is 34.7 Å². The lowest BCUT2D eigenvalue weighted by Gasteiger charge is -2.25. The van der Waals surface area contributed by atoms with Crippen molar-refractivity contribution in [3.8, 4) is 11.3 Å². The Morgan fingerprint density at radius 1 is 1.13 bits per heavy atom. The number of pyridine rings is 1. The molecule has 9 nitrogen and oxygen atoms in total. The van der Waals surface area contributed by atoms with E-state index in [2.05, 4.69) is 30.8 Å². The molecule has 4 aromatic rings. The second-order valence-electron chi connectivity index (χ2n) is 9.76. The SMILES string of the molecule is CN[C@H]1CCc2nc(NC(=O)c3cccc([C@H]4CCCN4C(=O)c4cc(-c5ccncc5)n[nH]4)c3)sc2C1. The van der Waals surface area contributed by atoms with Gasteiger partial charge in [0.1, 0.15) is 5.69 Å². The van der Waals surface area contributed by atoms with E-state index < -0.39 is 0 Å². The highest BCUT2D eigenvalue weighted by Crippen LogP contribution is 2.34. The van der Waals surface area contributed by atoms with Gasteiger partial charge in [-0.3, -0.25) is 25.0 Å². The highest BCUT2D eigenvalue weighted by atomic mass is 32.1. The number of nitrogens with one attached hydrogen (secondary N) is 3. The molecule has 2 amide bonds. The Balaban J connectivity index is 1.17. The van der Waals surface area contributed by atoms with Crippen LogP contribution in [0.25, 0.3) is 11.3 Å². The summed E-state index contributed by atoms with van der Waals surface area (Å²) in [6, 6.07) is 13.4. The number of hydrogen-bond donors (Lipinski definition) is 3. The lowest BCUT2D eigenvalue weighted by molar-refractivity contribution is 0.0729. The van der Waals surface area contributed by atoms with Gasteiger partial charge < -0.3 is 10.2 Å². The molecule has 10 heteroatoms. The fourth-order valence-electron chi connectivity index (χ4n) is 5.34. The van der Waals surface area contributed by atoms with Crippen molar-refractivity contribution >= 4 is 28.3 Å². The summed E-state index contributed by atoms with van der Waals surface area (Å²) in [6.45, 7) is 0.655. The first-order chi connectivity index (χ1) is 18.6. The van der Waals surface area contributed by atoms with Crippen LogP contribution in [0.3, 0.4) is 0 Å². The molecule has 6 rings (SSSR count). The molecule has 1 aliphatic carbocycles. The zero-order chi connectivity index (χ0) is 26.1. The van der Waals surface area contributed by atoms with Crippen LogP contribution in [-0.2, 0) is 12.8 Å². The van der Waals surface area contributed by atoms with Gasteiger partial charge in [0, 0.05) is 41.0 Å². The minimum Gasteiger partial charge on any atom is -0.330 e. The van der Waals surface area contributed by atoms with Crippen LogP contribution in [0.1, 0.15) is 62.3 Å². The summed E-state index contributed by atoms with van der Waals surface area (Å²) in [4.78, 5) is 38.4. The number of fused-ring (bicyclic) bond motifs is 1. The minimum absolute atomic E-state index is 0.0941. The van der Waals surface area contributed by atoms with E-state index >= 15 is 0 Å². The molecule has 2 aliphatic rings. The number of aryl methyl sites for hydroxylation is 1. The molecule has 3 aromatic heterocycles. The normalized spacial score (nSPS) is 18.8. The number of thiazole rings is 1. The number of amides is 2. The van der Waals surface area contributed by atoms with Gasteiger partial charge in [-0.25, -0.2) is 4.98 Å². The lowest BCUT2D eigenvalue weighted by atomic mass is 9.98. The third-order valence-corrected chi connectivity index (χ3v) is 8.44. The largest absolute Gasteiger partial charge is 0.330 e. The van der Waals surface area contributed by atoms with E-state index in [1.54, 1.807) is 35.9 Å². The first-order valence-corrected chi connectivity index (χ1v) is 13.7. The number of aromatic nitrogens is 4. The average Bonchev–Trinajstić information content (AvgIpc) is 3.72. The maximum absolute atomic E-state index is 13.4. The number of benzene rings is 1. The van der Waals surface area contributed by atoms with Gasteiger partial charge in [0.25, 0.3) is 11.8 Å². The number of anilines is 1. The average molecular weight is 528 g/mol. The van der Waals surface area contributed by atoms with Gasteiger partial charge in [0.05, 0.1) is 17.4 Å². The van der Waals surface area contributed by atoms with Crippen molar-refractivity contribution < 1.29 is 9.59 Å². The van der Waals surface area contributed by atoms with Gasteiger partial charge in [-0.1, -0.05) is 12.1 Å². The smallest absolute Gasteiger partial charge is 0.272 e. The molecule has 1 aliphatic heterocycles. The van der Waals surface area contributed by atoms with E-state index in [-0.39, 0.29) is 17.9 Å². The van der Waals surface area contributed by atoms with E-state index in [9.17, 15) is 9.59 Å². The Kier molecular flexibility index (Phi) is 6.73. The second kappa shape index (κ2) is 10.5. The zero-order valence-electron chi connectivity index (χ0n) is 21.1. The predicted molar refractivity (Wildman–Crippen MR) is 146 cm³/mol. The highest BCUT2D eigenvalue weighted by molar-refractivity contribution is 7.15. The molecular formula is C28H29N7O2S. The summed E-state index contributed by atoms with van der Waals surface area (Å²) >= 11 is 1.56. The van der Waals surface area contributed by atoms with Crippen LogP contribution in [0.5, 0.6) is 0 Å². The summed E-state index contributed by atoms with van der Waals surface area (Å²) in [5, 5.41) is 14.2. The second-order valence-corrected chi connectivity index (χ2v) is 10.8. The van der Waals surface area contributed by atoms with Crippen molar-refractivity contribution in [2.75, 3.05) is 18.9 Å². The molecule has 0 spiro atoms. The summed E-state index contributed by atoms with van der Waals surface area (Å²) < 4.78 is 0. The summed E-state index contributed by atoms with van der Waals surface area (Å²) in [6.07, 6.45) is 8.07. The Morgan fingerprint density at radius 2 is 2.00 bits per heavy atom. The van der Waals surface area contributed by atoms with Gasteiger partial charge in [-0.2, -0.15) is 5.10 Å². The standard InChI is InChI=1S/C28H29N7O2S/c1-29-20-7-8-21-25(15-20)38-28(31-21)32-26(36)19-5-2-4-18(14-19)24-6-3-13-35(24)27(37)23-16-22(33-34-23)17-9-11-30-12-10-17/h2,4-5,9-12,14,16,20,24,29H,3,6-8,13,15H2,1H3,(H,33,34)(H,31,32,36)/t20-,24+/m0/s1. The van der Waals surface area contributed by atoms with Crippen LogP contribution < -0.4 is 10.6 Å². The number of H-pyrrole nitrogens is 1. The van der Waals surface area contributed by atoms with Gasteiger partial charge in [-0.15, -0.1) is 11.3 Å². The molecule has 3 N–H and O–H groups in total. The zero-order valence-corrected chi connectivity index (χ0v) is 21.9.